The maximum atomic E-state index is 11.6. The van der Waals surface area contributed by atoms with E-state index in [4.69, 9.17) is 0 Å². The van der Waals surface area contributed by atoms with Gasteiger partial charge in [-0.15, -0.1) is 0 Å². The molecule has 1 heterocycles. The first-order chi connectivity index (χ1) is 6.47. The summed E-state index contributed by atoms with van der Waals surface area (Å²) in [5.41, 5.74) is 0. The third-order valence-corrected chi connectivity index (χ3v) is 1.11. The van der Waals surface area contributed by atoms with E-state index in [1.54, 1.807) is 0 Å². The molecule has 0 fully saturated rings. The van der Waals surface area contributed by atoms with Crippen molar-refractivity contribution in [2.24, 2.45) is 0 Å². The lowest BCUT2D eigenvalue weighted by Crippen LogP contribution is -2.23. The summed E-state index contributed by atoms with van der Waals surface area (Å²) in [6, 6.07) is 2.84. The molecule has 1 rings (SSSR count). The molecule has 0 aliphatic carbocycles. The number of hydrogen-bond acceptors (Lipinski definition) is 3. The summed E-state index contributed by atoms with van der Waals surface area (Å²) in [7, 11) is 0. The van der Waals surface area contributed by atoms with Crippen molar-refractivity contribution in [1.29, 1.82) is 0 Å². The average molecular weight is 209 g/mol. The van der Waals surface area contributed by atoms with Gasteiger partial charge in [-0.2, -0.15) is 13.2 Å². The third-order valence-electron chi connectivity index (χ3n) is 1.11. The largest absolute Gasteiger partial charge is 0.448 e. The van der Waals surface area contributed by atoms with E-state index >= 15 is 0 Å². The minimum Gasteiger partial charge on any atom is -0.448 e. The summed E-state index contributed by atoms with van der Waals surface area (Å²) in [5.74, 6) is 0.0252. The highest BCUT2D eigenvalue weighted by molar-refractivity contribution is 5.82. The van der Waals surface area contributed by atoms with Gasteiger partial charge in [0, 0.05) is 6.07 Å². The normalized spacial score (nSPS) is 11.1. The van der Waals surface area contributed by atoms with Gasteiger partial charge >= 0.3 is 12.3 Å². The molecule has 0 saturated heterocycles. The van der Waals surface area contributed by atoms with Crippen LogP contribution in [0.5, 0.6) is 0 Å². The molecule has 0 radical (unpaired) electrons. The molecule has 1 N–H and O–H groups in total. The molecular weight excluding hydrogens is 203 g/mol. The van der Waals surface area contributed by atoms with Crippen LogP contribution in [0.3, 0.4) is 0 Å². The van der Waals surface area contributed by atoms with Crippen molar-refractivity contribution in [3.8, 4) is 0 Å². The van der Waals surface area contributed by atoms with Gasteiger partial charge in [0.25, 0.3) is 0 Å². The molecule has 0 aliphatic rings. The fourth-order valence-electron chi connectivity index (χ4n) is 0.634. The van der Waals surface area contributed by atoms with Crippen molar-refractivity contribution in [3.05, 3.63) is 18.4 Å². The van der Waals surface area contributed by atoms with Crippen LogP contribution in [0.15, 0.2) is 22.8 Å². The van der Waals surface area contributed by atoms with Gasteiger partial charge in [0.05, 0.1) is 6.26 Å². The molecule has 0 unspecified atom stereocenters. The number of rotatable bonds is 2. The fraction of sp³-hybridized carbons (Fsp3) is 0.286. The fourth-order valence-corrected chi connectivity index (χ4v) is 0.634. The monoisotopic (exact) mass is 209 g/mol. The second kappa shape index (κ2) is 4.03. The summed E-state index contributed by atoms with van der Waals surface area (Å²) in [6.07, 6.45) is -4.47. The SMILES string of the molecule is O=C(Nc1ccco1)OCC(F)(F)F. The number of halogens is 3. The molecule has 0 bridgehead atoms. The van der Waals surface area contributed by atoms with Crippen LogP contribution in [0.2, 0.25) is 0 Å². The third kappa shape index (κ3) is 3.83. The van der Waals surface area contributed by atoms with Crippen molar-refractivity contribution in [3.63, 3.8) is 0 Å². The zero-order chi connectivity index (χ0) is 10.6. The number of carbonyl (C=O) groups is 1. The van der Waals surface area contributed by atoms with E-state index in [1.807, 2.05) is 5.32 Å². The van der Waals surface area contributed by atoms with Gasteiger partial charge in [0.1, 0.15) is 0 Å². The molecule has 0 aliphatic heterocycles. The number of alkyl halides is 3. The summed E-state index contributed by atoms with van der Waals surface area (Å²) < 4.78 is 43.2. The van der Waals surface area contributed by atoms with Crippen molar-refractivity contribution < 1.29 is 27.1 Å². The Balaban J connectivity index is 2.30. The lowest BCUT2D eigenvalue weighted by atomic mass is 10.6. The summed E-state index contributed by atoms with van der Waals surface area (Å²) in [4.78, 5) is 10.7. The Morgan fingerprint density at radius 2 is 2.29 bits per heavy atom. The van der Waals surface area contributed by atoms with Crippen LogP contribution in [0.4, 0.5) is 23.8 Å². The number of furan rings is 1. The second-order valence-corrected chi connectivity index (χ2v) is 2.29. The molecule has 1 aromatic rings. The molecule has 7 heteroatoms. The molecule has 78 valence electrons. The standard InChI is InChI=1S/C7H6F3NO3/c8-7(9,10)4-14-6(12)11-5-2-1-3-13-5/h1-3H,4H2,(H,11,12). The Hall–Kier alpha value is -1.66. The molecule has 1 aromatic heterocycles. The van der Waals surface area contributed by atoms with E-state index in [-0.39, 0.29) is 5.88 Å². The Morgan fingerprint density at radius 1 is 1.57 bits per heavy atom. The number of carbonyl (C=O) groups excluding carboxylic acids is 1. The number of nitrogens with one attached hydrogen (secondary N) is 1. The lowest BCUT2D eigenvalue weighted by Gasteiger charge is -2.07. The molecule has 4 nitrogen and oxygen atoms in total. The minimum atomic E-state index is -4.53. The molecular formula is C7H6F3NO3. The van der Waals surface area contributed by atoms with E-state index in [0.29, 0.717) is 0 Å². The Morgan fingerprint density at radius 3 is 2.79 bits per heavy atom. The first-order valence-electron chi connectivity index (χ1n) is 3.51. The van der Waals surface area contributed by atoms with E-state index in [0.717, 1.165) is 0 Å². The molecule has 0 spiro atoms. The Bertz CT molecular complexity index is 294. The summed E-state index contributed by atoms with van der Waals surface area (Å²) in [6.45, 7) is -1.63. The highest BCUT2D eigenvalue weighted by atomic mass is 19.4. The van der Waals surface area contributed by atoms with Crippen LogP contribution in [0.1, 0.15) is 0 Å². The van der Waals surface area contributed by atoms with Gasteiger partial charge in [0.2, 0.25) is 5.88 Å². The quantitative estimate of drug-likeness (QED) is 0.813. The molecule has 0 saturated carbocycles. The predicted molar refractivity (Wildman–Crippen MR) is 39.7 cm³/mol. The van der Waals surface area contributed by atoms with E-state index < -0.39 is 18.9 Å². The summed E-state index contributed by atoms with van der Waals surface area (Å²) in [5, 5.41) is 1.97. The number of amides is 1. The van der Waals surface area contributed by atoms with Gasteiger partial charge in [-0.25, -0.2) is 4.79 Å². The zero-order valence-electron chi connectivity index (χ0n) is 6.80. The van der Waals surface area contributed by atoms with Crippen LogP contribution in [-0.2, 0) is 4.74 Å². The number of anilines is 1. The molecule has 0 atom stereocenters. The number of hydrogen-bond donors (Lipinski definition) is 1. The minimum absolute atomic E-state index is 0.0252. The van der Waals surface area contributed by atoms with Crippen LogP contribution in [0, 0.1) is 0 Å². The Labute approximate surface area is 76.6 Å². The van der Waals surface area contributed by atoms with Gasteiger partial charge < -0.3 is 9.15 Å². The molecule has 1 amide bonds. The summed E-state index contributed by atoms with van der Waals surface area (Å²) >= 11 is 0. The van der Waals surface area contributed by atoms with Crippen LogP contribution >= 0.6 is 0 Å². The number of ether oxygens (including phenoxy) is 1. The first-order valence-corrected chi connectivity index (χ1v) is 3.51. The maximum Gasteiger partial charge on any atom is 0.422 e. The van der Waals surface area contributed by atoms with Gasteiger partial charge in [-0.3, -0.25) is 5.32 Å². The highest BCUT2D eigenvalue weighted by Gasteiger charge is 2.29. The lowest BCUT2D eigenvalue weighted by molar-refractivity contribution is -0.159. The van der Waals surface area contributed by atoms with Gasteiger partial charge in [-0.1, -0.05) is 0 Å². The second-order valence-electron chi connectivity index (χ2n) is 2.29. The smallest absolute Gasteiger partial charge is 0.422 e. The van der Waals surface area contributed by atoms with E-state index in [1.165, 1.54) is 18.4 Å². The Kier molecular flexibility index (Phi) is 3.00. The van der Waals surface area contributed by atoms with Crippen molar-refractivity contribution in [2.45, 2.75) is 6.18 Å². The zero-order valence-corrected chi connectivity index (χ0v) is 6.80. The van der Waals surface area contributed by atoms with Crippen LogP contribution in [-0.4, -0.2) is 18.9 Å². The van der Waals surface area contributed by atoms with Gasteiger partial charge in [-0.05, 0) is 6.07 Å². The predicted octanol–water partition coefficient (Wildman–Crippen LogP) is 2.39. The molecule has 0 aromatic carbocycles. The van der Waals surface area contributed by atoms with Gasteiger partial charge in [0.15, 0.2) is 6.61 Å². The highest BCUT2D eigenvalue weighted by Crippen LogP contribution is 2.15. The molecule has 14 heavy (non-hydrogen) atoms. The van der Waals surface area contributed by atoms with Crippen molar-refractivity contribution in [1.82, 2.24) is 0 Å². The topological polar surface area (TPSA) is 51.5 Å². The van der Waals surface area contributed by atoms with E-state index in [2.05, 4.69) is 9.15 Å². The van der Waals surface area contributed by atoms with Crippen LogP contribution < -0.4 is 5.32 Å². The average Bonchev–Trinajstić information content (AvgIpc) is 2.52. The first kappa shape index (κ1) is 10.4. The maximum absolute atomic E-state index is 11.6. The van der Waals surface area contributed by atoms with Crippen molar-refractivity contribution >= 4 is 12.0 Å². The van der Waals surface area contributed by atoms with Crippen LogP contribution in [0.25, 0.3) is 0 Å². The van der Waals surface area contributed by atoms with E-state index in [9.17, 15) is 18.0 Å². The van der Waals surface area contributed by atoms with Crippen molar-refractivity contribution in [2.75, 3.05) is 11.9 Å².